The third kappa shape index (κ3) is 3.41. The van der Waals surface area contributed by atoms with E-state index in [1.54, 1.807) is 11.3 Å². The smallest absolute Gasteiger partial charge is 0.134 e. The predicted molar refractivity (Wildman–Crippen MR) is 75.9 cm³/mol. The first-order valence-electron chi connectivity index (χ1n) is 5.98. The van der Waals surface area contributed by atoms with Gasteiger partial charge in [0.2, 0.25) is 0 Å². The van der Waals surface area contributed by atoms with Gasteiger partial charge in [0.15, 0.2) is 0 Å². The van der Waals surface area contributed by atoms with Gasteiger partial charge in [-0.05, 0) is 51.0 Å². The number of anilines is 1. The molecule has 17 heavy (non-hydrogen) atoms. The summed E-state index contributed by atoms with van der Waals surface area (Å²) in [7, 11) is 4.22. The van der Waals surface area contributed by atoms with Crippen LogP contribution in [0, 0.1) is 0 Å². The normalized spacial score (nSPS) is 11.2. The minimum Gasteiger partial charge on any atom is -0.370 e. The fourth-order valence-corrected chi connectivity index (χ4v) is 2.58. The van der Waals surface area contributed by atoms with Gasteiger partial charge in [-0.1, -0.05) is 0 Å². The number of thiophene rings is 1. The Morgan fingerprint density at radius 2 is 2.18 bits per heavy atom. The first kappa shape index (κ1) is 12.3. The molecule has 0 atom stereocenters. The number of pyridine rings is 1. The zero-order valence-corrected chi connectivity index (χ0v) is 11.3. The van der Waals surface area contributed by atoms with Crippen molar-refractivity contribution in [2.45, 2.75) is 12.8 Å². The highest BCUT2D eigenvalue weighted by Crippen LogP contribution is 2.25. The molecular formula is C13H19N3S. The fraction of sp³-hybridized carbons (Fsp3) is 0.462. The first-order valence-corrected chi connectivity index (χ1v) is 6.86. The highest BCUT2D eigenvalue weighted by atomic mass is 32.1. The Morgan fingerprint density at radius 1 is 1.29 bits per heavy atom. The molecule has 0 radical (unpaired) electrons. The van der Waals surface area contributed by atoms with E-state index in [0.717, 1.165) is 18.9 Å². The van der Waals surface area contributed by atoms with E-state index in [1.807, 2.05) is 6.20 Å². The molecule has 0 aliphatic heterocycles. The van der Waals surface area contributed by atoms with Crippen molar-refractivity contribution in [3.05, 3.63) is 23.7 Å². The summed E-state index contributed by atoms with van der Waals surface area (Å²) in [5.41, 5.74) is 0. The molecular weight excluding hydrogens is 230 g/mol. The van der Waals surface area contributed by atoms with Crippen LogP contribution in [0.1, 0.15) is 12.8 Å². The number of rotatable bonds is 6. The molecule has 0 bridgehead atoms. The Morgan fingerprint density at radius 3 is 3.00 bits per heavy atom. The van der Waals surface area contributed by atoms with Crippen LogP contribution in [0.4, 0.5) is 5.82 Å². The average Bonchev–Trinajstić information content (AvgIpc) is 2.77. The predicted octanol–water partition coefficient (Wildman–Crippen LogP) is 3.05. The topological polar surface area (TPSA) is 28.2 Å². The van der Waals surface area contributed by atoms with Crippen LogP contribution in [0.15, 0.2) is 23.7 Å². The monoisotopic (exact) mass is 249 g/mol. The van der Waals surface area contributed by atoms with E-state index in [9.17, 15) is 0 Å². The first-order chi connectivity index (χ1) is 8.27. The lowest BCUT2D eigenvalue weighted by molar-refractivity contribution is 0.396. The Bertz CT molecular complexity index is 464. The summed E-state index contributed by atoms with van der Waals surface area (Å²) in [4.78, 5) is 6.62. The standard InChI is InChI=1S/C13H19N3S/c1-16(2)9-4-3-7-14-13-11-6-10-17-12(11)5-8-15-13/h5-6,8,10H,3-4,7,9H2,1-2H3,(H,14,15). The van der Waals surface area contributed by atoms with Crippen molar-refractivity contribution in [3.63, 3.8) is 0 Å². The maximum Gasteiger partial charge on any atom is 0.134 e. The number of fused-ring (bicyclic) bond motifs is 1. The molecule has 0 amide bonds. The van der Waals surface area contributed by atoms with Crippen molar-refractivity contribution in [2.24, 2.45) is 0 Å². The second-order valence-electron chi connectivity index (χ2n) is 4.43. The molecule has 0 saturated carbocycles. The minimum absolute atomic E-state index is 0.996. The van der Waals surface area contributed by atoms with E-state index < -0.39 is 0 Å². The number of nitrogens with one attached hydrogen (secondary N) is 1. The largest absolute Gasteiger partial charge is 0.370 e. The van der Waals surface area contributed by atoms with Crippen molar-refractivity contribution in [1.82, 2.24) is 9.88 Å². The lowest BCUT2D eigenvalue weighted by Crippen LogP contribution is -2.14. The number of hydrogen-bond acceptors (Lipinski definition) is 4. The molecule has 4 heteroatoms. The molecule has 0 fully saturated rings. The molecule has 2 aromatic heterocycles. The number of nitrogens with zero attached hydrogens (tertiary/aromatic N) is 2. The summed E-state index contributed by atoms with van der Waals surface area (Å²) in [5.74, 6) is 1.02. The van der Waals surface area contributed by atoms with Gasteiger partial charge in [-0.25, -0.2) is 4.98 Å². The third-order valence-corrected chi connectivity index (χ3v) is 3.59. The second kappa shape index (κ2) is 5.98. The maximum atomic E-state index is 4.40. The van der Waals surface area contributed by atoms with Crippen molar-refractivity contribution in [1.29, 1.82) is 0 Å². The van der Waals surface area contributed by atoms with Crippen LogP contribution in [0.2, 0.25) is 0 Å². The van der Waals surface area contributed by atoms with E-state index in [2.05, 4.69) is 46.8 Å². The molecule has 1 N–H and O–H groups in total. The summed E-state index contributed by atoms with van der Waals surface area (Å²) in [6, 6.07) is 4.20. The molecule has 0 aliphatic carbocycles. The minimum atomic E-state index is 0.996. The van der Waals surface area contributed by atoms with Crippen LogP contribution >= 0.6 is 11.3 Å². The summed E-state index contributed by atoms with van der Waals surface area (Å²) in [6.45, 7) is 2.15. The quantitative estimate of drug-likeness (QED) is 0.798. The SMILES string of the molecule is CN(C)CCCCNc1nccc2sccc12. The molecule has 0 aromatic carbocycles. The van der Waals surface area contributed by atoms with Gasteiger partial charge in [-0.15, -0.1) is 11.3 Å². The van der Waals surface area contributed by atoms with Gasteiger partial charge in [0.25, 0.3) is 0 Å². The highest BCUT2D eigenvalue weighted by Gasteiger charge is 2.02. The van der Waals surface area contributed by atoms with Gasteiger partial charge in [0.1, 0.15) is 5.82 Å². The Balaban J connectivity index is 1.84. The van der Waals surface area contributed by atoms with E-state index >= 15 is 0 Å². The summed E-state index contributed by atoms with van der Waals surface area (Å²) in [5, 5.41) is 6.78. The van der Waals surface area contributed by atoms with Crippen LogP contribution < -0.4 is 5.32 Å². The van der Waals surface area contributed by atoms with Crippen LogP contribution in [0.5, 0.6) is 0 Å². The van der Waals surface area contributed by atoms with Crippen LogP contribution in [0.3, 0.4) is 0 Å². The van der Waals surface area contributed by atoms with Crippen molar-refractivity contribution in [3.8, 4) is 0 Å². The average molecular weight is 249 g/mol. The van der Waals surface area contributed by atoms with Crippen molar-refractivity contribution >= 4 is 27.2 Å². The summed E-state index contributed by atoms with van der Waals surface area (Å²) >= 11 is 1.76. The Kier molecular flexibility index (Phi) is 4.34. The van der Waals surface area contributed by atoms with Gasteiger partial charge in [-0.3, -0.25) is 0 Å². The second-order valence-corrected chi connectivity index (χ2v) is 5.38. The highest BCUT2D eigenvalue weighted by molar-refractivity contribution is 7.17. The van der Waals surface area contributed by atoms with Crippen LogP contribution in [-0.4, -0.2) is 37.1 Å². The summed E-state index contributed by atoms with van der Waals surface area (Å²) in [6.07, 6.45) is 4.28. The van der Waals surface area contributed by atoms with Crippen molar-refractivity contribution < 1.29 is 0 Å². The molecule has 3 nitrogen and oxygen atoms in total. The fourth-order valence-electron chi connectivity index (χ4n) is 1.80. The van der Waals surface area contributed by atoms with E-state index in [1.165, 1.54) is 22.9 Å². The molecule has 2 aromatic rings. The van der Waals surface area contributed by atoms with Crippen LogP contribution in [-0.2, 0) is 0 Å². The summed E-state index contributed by atoms with van der Waals surface area (Å²) < 4.78 is 1.30. The molecule has 0 spiro atoms. The lowest BCUT2D eigenvalue weighted by atomic mass is 10.3. The lowest BCUT2D eigenvalue weighted by Gasteiger charge is -2.10. The van der Waals surface area contributed by atoms with Gasteiger partial charge in [-0.2, -0.15) is 0 Å². The Hall–Kier alpha value is -1.13. The zero-order valence-electron chi connectivity index (χ0n) is 10.4. The van der Waals surface area contributed by atoms with Gasteiger partial charge in [0.05, 0.1) is 0 Å². The zero-order chi connectivity index (χ0) is 12.1. The molecule has 0 unspecified atom stereocenters. The molecule has 2 rings (SSSR count). The van der Waals surface area contributed by atoms with Crippen LogP contribution in [0.25, 0.3) is 10.1 Å². The third-order valence-electron chi connectivity index (χ3n) is 2.70. The van der Waals surface area contributed by atoms with Crippen molar-refractivity contribution in [2.75, 3.05) is 32.5 Å². The molecule has 0 saturated heterocycles. The van der Waals surface area contributed by atoms with Gasteiger partial charge >= 0.3 is 0 Å². The molecule has 2 heterocycles. The molecule has 0 aliphatic rings. The number of aromatic nitrogens is 1. The van der Waals surface area contributed by atoms with E-state index in [4.69, 9.17) is 0 Å². The molecule has 92 valence electrons. The van der Waals surface area contributed by atoms with E-state index in [0.29, 0.717) is 0 Å². The number of hydrogen-bond donors (Lipinski definition) is 1. The van der Waals surface area contributed by atoms with Gasteiger partial charge < -0.3 is 10.2 Å². The maximum absolute atomic E-state index is 4.40. The Labute approximate surface area is 106 Å². The van der Waals surface area contributed by atoms with E-state index in [-0.39, 0.29) is 0 Å². The van der Waals surface area contributed by atoms with Gasteiger partial charge in [0, 0.05) is 22.8 Å². The number of unbranched alkanes of at least 4 members (excludes halogenated alkanes) is 1.